The van der Waals surface area contributed by atoms with Crippen molar-refractivity contribution < 1.29 is 0 Å². The molecule has 0 atom stereocenters. The largest absolute Gasteiger partial charge is 0.356 e. The average molecular weight is 501 g/mol. The first-order valence-corrected chi connectivity index (χ1v) is 9.08. The predicted octanol–water partition coefficient (Wildman–Crippen LogP) is 3.74. The van der Waals surface area contributed by atoms with E-state index in [1.54, 1.807) is 7.05 Å². The summed E-state index contributed by atoms with van der Waals surface area (Å²) in [4.78, 5) is 10.9. The maximum atomic E-state index is 6.06. The highest BCUT2D eigenvalue weighted by molar-refractivity contribution is 14.0. The molecule has 1 N–H and O–H groups in total. The van der Waals surface area contributed by atoms with Gasteiger partial charge in [0.1, 0.15) is 0 Å². The Morgan fingerprint density at radius 1 is 1.33 bits per heavy atom. The monoisotopic (exact) mass is 500 g/mol. The van der Waals surface area contributed by atoms with Crippen molar-refractivity contribution in [3.05, 3.63) is 53.6 Å². The van der Waals surface area contributed by atoms with Crippen molar-refractivity contribution in [1.29, 1.82) is 0 Å². The highest BCUT2D eigenvalue weighted by Crippen LogP contribution is 2.14. The molecule has 0 amide bonds. The lowest BCUT2D eigenvalue weighted by atomic mass is 10.3. The Bertz CT molecular complexity index is 901. The van der Waals surface area contributed by atoms with E-state index in [4.69, 9.17) is 11.6 Å². The van der Waals surface area contributed by atoms with Gasteiger partial charge in [0.15, 0.2) is 5.96 Å². The molecule has 0 radical (unpaired) electrons. The Kier molecular flexibility index (Phi) is 7.97. The van der Waals surface area contributed by atoms with Crippen molar-refractivity contribution in [3.8, 4) is 0 Å². The van der Waals surface area contributed by atoms with Gasteiger partial charge >= 0.3 is 0 Å². The minimum absolute atomic E-state index is 0. The predicted molar refractivity (Wildman–Crippen MR) is 123 cm³/mol. The summed E-state index contributed by atoms with van der Waals surface area (Å²) in [6.45, 7) is 2.51. The second kappa shape index (κ2) is 9.98. The molecule has 0 saturated carbocycles. The van der Waals surface area contributed by atoms with Crippen LogP contribution in [-0.4, -0.2) is 45.6 Å². The number of halogens is 2. The zero-order valence-corrected chi connectivity index (χ0v) is 19.0. The van der Waals surface area contributed by atoms with Gasteiger partial charge in [0.05, 0.1) is 28.9 Å². The average Bonchev–Trinajstić information content (AvgIpc) is 3.17. The fourth-order valence-corrected chi connectivity index (χ4v) is 3.34. The van der Waals surface area contributed by atoms with Gasteiger partial charge in [0.25, 0.3) is 0 Å². The van der Waals surface area contributed by atoms with Gasteiger partial charge in [0, 0.05) is 46.1 Å². The number of guanidine groups is 1. The Labute approximate surface area is 182 Å². The Morgan fingerprint density at radius 3 is 2.81 bits per heavy atom. The molecule has 146 valence electrons. The lowest BCUT2D eigenvalue weighted by Gasteiger charge is -2.22. The molecule has 0 bridgehead atoms. The van der Waals surface area contributed by atoms with Crippen LogP contribution >= 0.6 is 35.6 Å². The Morgan fingerprint density at radius 2 is 2.11 bits per heavy atom. The maximum absolute atomic E-state index is 6.06. The van der Waals surface area contributed by atoms with E-state index in [0.29, 0.717) is 0 Å². The molecule has 27 heavy (non-hydrogen) atoms. The number of aromatic nitrogens is 3. The zero-order valence-electron chi connectivity index (χ0n) is 15.9. The molecule has 0 saturated heterocycles. The molecule has 0 spiro atoms. The van der Waals surface area contributed by atoms with E-state index in [2.05, 4.69) is 30.8 Å². The van der Waals surface area contributed by atoms with Crippen LogP contribution in [0.5, 0.6) is 0 Å². The fourth-order valence-electron chi connectivity index (χ4n) is 3.06. The number of fused-ring (bicyclic) bond motifs is 1. The summed E-state index contributed by atoms with van der Waals surface area (Å²) >= 11 is 6.06. The van der Waals surface area contributed by atoms with Gasteiger partial charge in [-0.25, -0.2) is 4.98 Å². The molecule has 0 aliphatic heterocycles. The summed E-state index contributed by atoms with van der Waals surface area (Å²) in [5.41, 5.74) is 3.36. The minimum atomic E-state index is 0. The molecule has 2 heterocycles. The van der Waals surface area contributed by atoms with Crippen molar-refractivity contribution >= 4 is 52.6 Å². The van der Waals surface area contributed by atoms with Gasteiger partial charge < -0.3 is 19.4 Å². The first-order valence-electron chi connectivity index (χ1n) is 8.71. The van der Waals surface area contributed by atoms with Crippen molar-refractivity contribution in [2.75, 3.05) is 20.6 Å². The van der Waals surface area contributed by atoms with E-state index in [0.717, 1.165) is 48.2 Å². The number of hydrogen-bond acceptors (Lipinski definition) is 2. The number of aryl methyl sites for hydroxylation is 2. The van der Waals surface area contributed by atoms with Crippen LogP contribution in [0.1, 0.15) is 12.1 Å². The van der Waals surface area contributed by atoms with E-state index in [1.165, 1.54) is 5.52 Å². The second-order valence-electron chi connectivity index (χ2n) is 6.37. The van der Waals surface area contributed by atoms with Crippen LogP contribution < -0.4 is 5.32 Å². The molecule has 3 aromatic rings. The molecule has 6 nitrogen and oxygen atoms in total. The van der Waals surface area contributed by atoms with Crippen LogP contribution in [0.3, 0.4) is 0 Å². The van der Waals surface area contributed by atoms with Gasteiger partial charge in [-0.1, -0.05) is 23.7 Å². The third-order valence-corrected chi connectivity index (χ3v) is 4.64. The van der Waals surface area contributed by atoms with E-state index in [-0.39, 0.29) is 24.0 Å². The van der Waals surface area contributed by atoms with Crippen LogP contribution in [0.4, 0.5) is 0 Å². The SMILES string of the molecule is CN=C(NCCCn1cnc2ccccc21)N(C)Cc1cc(Cl)cn1C.I. The molecule has 0 aliphatic rings. The summed E-state index contributed by atoms with van der Waals surface area (Å²) < 4.78 is 4.23. The molecular weight excluding hydrogens is 475 g/mol. The third kappa shape index (κ3) is 5.38. The first kappa shape index (κ1) is 21.6. The first-order chi connectivity index (χ1) is 12.6. The van der Waals surface area contributed by atoms with Crippen molar-refractivity contribution in [3.63, 3.8) is 0 Å². The van der Waals surface area contributed by atoms with Crippen molar-refractivity contribution in [1.82, 2.24) is 24.3 Å². The summed E-state index contributed by atoms with van der Waals surface area (Å²) in [6.07, 6.45) is 4.81. The van der Waals surface area contributed by atoms with Crippen LogP contribution in [0.25, 0.3) is 11.0 Å². The standard InChI is InChI=1S/C19H25ClN6.HI/c1-21-19(25(3)13-16-11-15(20)12-24(16)2)22-9-6-10-26-14-23-17-7-4-5-8-18(17)26;/h4-5,7-8,11-12,14H,6,9-10,13H2,1-3H3,(H,21,22);1H. The second-order valence-corrected chi connectivity index (χ2v) is 6.81. The van der Waals surface area contributed by atoms with Crippen LogP contribution in [-0.2, 0) is 20.1 Å². The van der Waals surface area contributed by atoms with E-state index < -0.39 is 0 Å². The summed E-state index contributed by atoms with van der Waals surface area (Å²) in [6, 6.07) is 10.2. The number of imidazole rings is 1. The lowest BCUT2D eigenvalue weighted by molar-refractivity contribution is 0.459. The highest BCUT2D eigenvalue weighted by Gasteiger charge is 2.09. The minimum Gasteiger partial charge on any atom is -0.356 e. The summed E-state index contributed by atoms with van der Waals surface area (Å²) in [5.74, 6) is 0.873. The summed E-state index contributed by atoms with van der Waals surface area (Å²) in [5, 5.41) is 4.18. The third-order valence-electron chi connectivity index (χ3n) is 4.43. The summed E-state index contributed by atoms with van der Waals surface area (Å²) in [7, 11) is 5.83. The van der Waals surface area contributed by atoms with Crippen LogP contribution in [0.2, 0.25) is 5.02 Å². The van der Waals surface area contributed by atoms with Crippen LogP contribution in [0, 0.1) is 0 Å². The molecule has 1 aromatic carbocycles. The molecule has 2 aromatic heterocycles. The number of rotatable bonds is 6. The zero-order chi connectivity index (χ0) is 18.5. The van der Waals surface area contributed by atoms with Gasteiger partial charge in [-0.3, -0.25) is 4.99 Å². The molecule has 0 fully saturated rings. The smallest absolute Gasteiger partial charge is 0.193 e. The number of aliphatic imine (C=N–C) groups is 1. The molecule has 3 rings (SSSR count). The van der Waals surface area contributed by atoms with Gasteiger partial charge in [-0.2, -0.15) is 0 Å². The number of nitrogens with one attached hydrogen (secondary N) is 1. The number of para-hydroxylation sites is 2. The maximum Gasteiger partial charge on any atom is 0.193 e. The highest BCUT2D eigenvalue weighted by atomic mass is 127. The van der Waals surface area contributed by atoms with Gasteiger partial charge in [-0.05, 0) is 24.6 Å². The Balaban J connectivity index is 0.00000261. The molecular formula is C19H26ClIN6. The van der Waals surface area contributed by atoms with Crippen molar-refractivity contribution in [2.24, 2.45) is 12.0 Å². The topological polar surface area (TPSA) is 50.4 Å². The quantitative estimate of drug-likeness (QED) is 0.243. The number of hydrogen-bond donors (Lipinski definition) is 1. The van der Waals surface area contributed by atoms with Crippen LogP contribution in [0.15, 0.2) is 47.8 Å². The Hall–Kier alpha value is -1.74. The van der Waals surface area contributed by atoms with Crippen molar-refractivity contribution in [2.45, 2.75) is 19.5 Å². The van der Waals surface area contributed by atoms with Gasteiger partial charge in [0.2, 0.25) is 0 Å². The molecule has 0 unspecified atom stereocenters. The van der Waals surface area contributed by atoms with E-state index >= 15 is 0 Å². The van der Waals surface area contributed by atoms with Gasteiger partial charge in [-0.15, -0.1) is 24.0 Å². The molecule has 0 aliphatic carbocycles. The van der Waals surface area contributed by atoms with E-state index in [1.807, 2.05) is 55.5 Å². The number of benzene rings is 1. The lowest BCUT2D eigenvalue weighted by Crippen LogP contribution is -2.39. The normalized spacial score (nSPS) is 11.5. The number of nitrogens with zero attached hydrogens (tertiary/aromatic N) is 5. The fraction of sp³-hybridized carbons (Fsp3) is 0.368. The molecule has 8 heteroatoms. The van der Waals surface area contributed by atoms with E-state index in [9.17, 15) is 0 Å².